The molecule has 0 saturated carbocycles. The number of ketones is 1. The summed E-state index contributed by atoms with van der Waals surface area (Å²) >= 11 is 5.89. The van der Waals surface area contributed by atoms with E-state index in [0.717, 1.165) is 0 Å². The molecule has 6 heteroatoms. The molecule has 1 N–H and O–H groups in total. The molecule has 0 radical (unpaired) electrons. The fraction of sp³-hybridized carbons (Fsp3) is 0.308. The highest BCUT2D eigenvalue weighted by atomic mass is 35.5. The number of benzene rings is 1. The third-order valence-electron chi connectivity index (χ3n) is 2.52. The number of rotatable bonds is 5. The minimum atomic E-state index is -0.298. The molecule has 0 aromatic heterocycles. The highest BCUT2D eigenvalue weighted by Crippen LogP contribution is 2.28. The summed E-state index contributed by atoms with van der Waals surface area (Å²) in [6.07, 6.45) is 0. The highest BCUT2D eigenvalue weighted by molar-refractivity contribution is 6.31. The quantitative estimate of drug-likeness (QED) is 0.658. The van der Waals surface area contributed by atoms with Crippen LogP contribution in [-0.2, 0) is 6.54 Å². The molecule has 1 rings (SSSR count). The molecule has 1 aromatic rings. The van der Waals surface area contributed by atoms with Crippen LogP contribution in [0.4, 0.5) is 0 Å². The molecule has 0 unspecified atom stereocenters. The standard InChI is InChI=1S/C13H12ClN3O2/c1-9(18)12-7-11(14)6-10(13(12)19)8-17(4-2-15)5-3-16/h6-7,19H,4-5,8H2,1H3. The Morgan fingerprint density at radius 1 is 1.37 bits per heavy atom. The predicted octanol–water partition coefficient (Wildman–Crippen LogP) is 2.10. The Hall–Kier alpha value is -2.08. The van der Waals surface area contributed by atoms with E-state index in [1.807, 2.05) is 12.1 Å². The van der Waals surface area contributed by atoms with E-state index in [1.165, 1.54) is 24.0 Å². The molecule has 1 aromatic carbocycles. The minimum Gasteiger partial charge on any atom is -0.507 e. The number of hydrogen-bond acceptors (Lipinski definition) is 5. The van der Waals surface area contributed by atoms with E-state index >= 15 is 0 Å². The Morgan fingerprint density at radius 2 is 1.95 bits per heavy atom. The van der Waals surface area contributed by atoms with Crippen molar-refractivity contribution in [1.29, 1.82) is 10.5 Å². The van der Waals surface area contributed by atoms with Crippen molar-refractivity contribution in [3.05, 3.63) is 28.3 Å². The average Bonchev–Trinajstić information content (AvgIpc) is 2.33. The largest absolute Gasteiger partial charge is 0.507 e. The molecule has 0 amide bonds. The first-order chi connectivity index (χ1) is 8.99. The van der Waals surface area contributed by atoms with Gasteiger partial charge in [-0.25, -0.2) is 0 Å². The normalized spacial score (nSPS) is 9.95. The smallest absolute Gasteiger partial charge is 0.163 e. The van der Waals surface area contributed by atoms with Crippen LogP contribution in [0.15, 0.2) is 12.1 Å². The Balaban J connectivity index is 3.10. The number of hydrogen-bond donors (Lipinski definition) is 1. The van der Waals surface area contributed by atoms with E-state index in [1.54, 1.807) is 0 Å². The van der Waals surface area contributed by atoms with E-state index in [4.69, 9.17) is 22.1 Å². The van der Waals surface area contributed by atoms with Gasteiger partial charge in [-0.3, -0.25) is 9.69 Å². The Kier molecular flexibility index (Phi) is 5.32. The Morgan fingerprint density at radius 3 is 2.42 bits per heavy atom. The molecule has 0 spiro atoms. The lowest BCUT2D eigenvalue weighted by Gasteiger charge is -2.17. The van der Waals surface area contributed by atoms with E-state index in [0.29, 0.717) is 10.6 Å². The summed E-state index contributed by atoms with van der Waals surface area (Å²) < 4.78 is 0. The molecule has 0 heterocycles. The number of nitriles is 2. The van der Waals surface area contributed by atoms with Gasteiger partial charge in [-0.1, -0.05) is 11.6 Å². The van der Waals surface area contributed by atoms with E-state index in [9.17, 15) is 9.90 Å². The van der Waals surface area contributed by atoms with Crippen molar-refractivity contribution in [2.24, 2.45) is 0 Å². The minimum absolute atomic E-state index is 0.0505. The highest BCUT2D eigenvalue weighted by Gasteiger charge is 2.15. The van der Waals surface area contributed by atoms with Crippen molar-refractivity contribution in [3.63, 3.8) is 0 Å². The first-order valence-corrected chi connectivity index (χ1v) is 5.86. The zero-order chi connectivity index (χ0) is 14.4. The van der Waals surface area contributed by atoms with E-state index < -0.39 is 0 Å². The first-order valence-electron chi connectivity index (χ1n) is 5.48. The van der Waals surface area contributed by atoms with Crippen LogP contribution in [0.2, 0.25) is 5.02 Å². The lowest BCUT2D eigenvalue weighted by Crippen LogP contribution is -2.24. The van der Waals surface area contributed by atoms with E-state index in [2.05, 4.69) is 0 Å². The molecule has 0 fully saturated rings. The fourth-order valence-electron chi connectivity index (χ4n) is 1.65. The first kappa shape index (κ1) is 15.0. The van der Waals surface area contributed by atoms with Crippen LogP contribution >= 0.6 is 11.6 Å². The lowest BCUT2D eigenvalue weighted by atomic mass is 10.1. The van der Waals surface area contributed by atoms with Crippen LogP contribution in [-0.4, -0.2) is 28.9 Å². The molecular weight excluding hydrogens is 266 g/mol. The van der Waals surface area contributed by atoms with Gasteiger partial charge in [-0.05, 0) is 19.1 Å². The van der Waals surface area contributed by atoms with Crippen LogP contribution in [0.25, 0.3) is 0 Å². The molecule has 19 heavy (non-hydrogen) atoms. The fourth-order valence-corrected chi connectivity index (χ4v) is 1.89. The number of carbonyl (C=O) groups excluding carboxylic acids is 1. The number of phenols is 1. The molecule has 0 saturated heterocycles. The SMILES string of the molecule is CC(=O)c1cc(Cl)cc(CN(CC#N)CC#N)c1O. The molecule has 0 aliphatic rings. The Labute approximate surface area is 116 Å². The Bertz CT molecular complexity index is 556. The molecule has 0 bridgehead atoms. The number of nitrogens with zero attached hydrogens (tertiary/aromatic N) is 3. The second-order valence-electron chi connectivity index (χ2n) is 3.98. The van der Waals surface area contributed by atoms with Crippen molar-refractivity contribution < 1.29 is 9.90 Å². The third-order valence-corrected chi connectivity index (χ3v) is 2.73. The van der Waals surface area contributed by atoms with Crippen LogP contribution in [0.5, 0.6) is 5.75 Å². The lowest BCUT2D eigenvalue weighted by molar-refractivity contribution is 0.101. The zero-order valence-electron chi connectivity index (χ0n) is 10.4. The molecule has 0 atom stereocenters. The van der Waals surface area contributed by atoms with Gasteiger partial charge in [0.2, 0.25) is 0 Å². The maximum Gasteiger partial charge on any atom is 0.163 e. The molecular formula is C13H12ClN3O2. The second kappa shape index (κ2) is 6.75. The van der Waals surface area contributed by atoms with Crippen molar-refractivity contribution in [1.82, 2.24) is 4.90 Å². The van der Waals surface area contributed by atoms with Crippen LogP contribution in [0.1, 0.15) is 22.8 Å². The maximum atomic E-state index is 11.4. The van der Waals surface area contributed by atoms with Crippen LogP contribution < -0.4 is 0 Å². The van der Waals surface area contributed by atoms with Crippen molar-refractivity contribution in [3.8, 4) is 17.9 Å². The predicted molar refractivity (Wildman–Crippen MR) is 69.6 cm³/mol. The molecule has 98 valence electrons. The number of phenolic OH excluding ortho intramolecular Hbond substituents is 1. The third kappa shape index (κ3) is 3.96. The van der Waals surface area contributed by atoms with Gasteiger partial charge in [-0.15, -0.1) is 0 Å². The van der Waals surface area contributed by atoms with Gasteiger partial charge in [0.1, 0.15) is 5.75 Å². The van der Waals surface area contributed by atoms with Crippen LogP contribution in [0.3, 0.4) is 0 Å². The summed E-state index contributed by atoms with van der Waals surface area (Å²) in [6.45, 7) is 1.61. The zero-order valence-corrected chi connectivity index (χ0v) is 11.1. The van der Waals surface area contributed by atoms with Gasteiger partial charge in [0.05, 0.1) is 30.8 Å². The van der Waals surface area contributed by atoms with Crippen molar-refractivity contribution in [2.75, 3.05) is 13.1 Å². The molecule has 5 nitrogen and oxygen atoms in total. The number of halogens is 1. The van der Waals surface area contributed by atoms with E-state index in [-0.39, 0.29) is 36.7 Å². The monoisotopic (exact) mass is 277 g/mol. The van der Waals surface area contributed by atoms with Gasteiger partial charge in [0, 0.05) is 17.1 Å². The van der Waals surface area contributed by atoms with Crippen molar-refractivity contribution in [2.45, 2.75) is 13.5 Å². The van der Waals surface area contributed by atoms with Gasteiger partial charge < -0.3 is 5.11 Å². The van der Waals surface area contributed by atoms with Gasteiger partial charge >= 0.3 is 0 Å². The maximum absolute atomic E-state index is 11.4. The van der Waals surface area contributed by atoms with Gasteiger partial charge in [0.25, 0.3) is 0 Å². The van der Waals surface area contributed by atoms with Crippen molar-refractivity contribution >= 4 is 17.4 Å². The summed E-state index contributed by atoms with van der Waals surface area (Å²) in [5, 5.41) is 27.7. The average molecular weight is 278 g/mol. The van der Waals surface area contributed by atoms with Gasteiger partial charge in [-0.2, -0.15) is 10.5 Å². The number of Topliss-reactive ketones (excluding diaryl/α,β-unsaturated/α-hetero) is 1. The molecule has 0 aliphatic carbocycles. The van der Waals surface area contributed by atoms with Gasteiger partial charge in [0.15, 0.2) is 5.78 Å². The summed E-state index contributed by atoms with van der Waals surface area (Å²) in [5.74, 6) is -0.453. The second-order valence-corrected chi connectivity index (χ2v) is 4.42. The topological polar surface area (TPSA) is 88.1 Å². The summed E-state index contributed by atoms with van der Waals surface area (Å²) in [4.78, 5) is 12.9. The summed E-state index contributed by atoms with van der Waals surface area (Å²) in [5.41, 5.74) is 0.555. The summed E-state index contributed by atoms with van der Waals surface area (Å²) in [6, 6.07) is 6.78. The molecule has 0 aliphatic heterocycles. The summed E-state index contributed by atoms with van der Waals surface area (Å²) in [7, 11) is 0. The van der Waals surface area contributed by atoms with Crippen LogP contribution in [0, 0.1) is 22.7 Å². The number of carbonyl (C=O) groups is 1. The number of aromatic hydroxyl groups is 1.